The van der Waals surface area contributed by atoms with E-state index >= 15 is 0 Å². The maximum Gasteiger partial charge on any atom is 0.406 e. The van der Waals surface area contributed by atoms with Crippen molar-refractivity contribution in [3.8, 4) is 11.3 Å². The molecule has 37 heavy (non-hydrogen) atoms. The molecule has 1 aromatic carbocycles. The molecule has 5 heterocycles. The van der Waals surface area contributed by atoms with Crippen molar-refractivity contribution in [2.75, 3.05) is 24.6 Å². The van der Waals surface area contributed by atoms with E-state index in [1.807, 2.05) is 6.07 Å². The molecule has 6 rings (SSSR count). The van der Waals surface area contributed by atoms with E-state index < -0.39 is 24.5 Å². The van der Waals surface area contributed by atoms with Gasteiger partial charge in [0, 0.05) is 36.8 Å². The number of piperidine rings is 1. The number of halogens is 3. The zero-order valence-electron chi connectivity index (χ0n) is 20.4. The van der Waals surface area contributed by atoms with Crippen molar-refractivity contribution in [2.45, 2.75) is 57.5 Å². The van der Waals surface area contributed by atoms with Crippen LogP contribution in [-0.4, -0.2) is 45.2 Å². The highest BCUT2D eigenvalue weighted by Gasteiger charge is 2.33. The van der Waals surface area contributed by atoms with Crippen molar-refractivity contribution in [1.29, 1.82) is 0 Å². The van der Waals surface area contributed by atoms with E-state index in [2.05, 4.69) is 9.88 Å². The molecule has 0 bridgehead atoms. The highest BCUT2D eigenvalue weighted by Crippen LogP contribution is 2.38. The Morgan fingerprint density at radius 1 is 1.00 bits per heavy atom. The standard InChI is InChI=1S/C27H28F3N5O2/c28-27(29,30)17-34-20-11-3-2-9-18(20)24-22(26(34)36)23(32-35(24)21-12-4-7-16-37-21)19-10-8-13-31-25(19)33-14-5-1-6-15-33/h2-3,8-11,13,21H,1,4-7,12,14-17H2. The van der Waals surface area contributed by atoms with Crippen molar-refractivity contribution in [3.05, 3.63) is 52.9 Å². The molecule has 0 spiro atoms. The molecule has 1 unspecified atom stereocenters. The lowest BCUT2D eigenvalue weighted by Crippen LogP contribution is -2.31. The van der Waals surface area contributed by atoms with E-state index in [1.165, 1.54) is 0 Å². The molecule has 2 aliphatic heterocycles. The number of nitrogens with zero attached hydrogens (tertiary/aromatic N) is 5. The molecule has 10 heteroatoms. The number of hydrogen-bond acceptors (Lipinski definition) is 5. The van der Waals surface area contributed by atoms with E-state index in [0.717, 1.165) is 49.8 Å². The first-order valence-electron chi connectivity index (χ1n) is 12.8. The summed E-state index contributed by atoms with van der Waals surface area (Å²) >= 11 is 0. The van der Waals surface area contributed by atoms with Crippen LogP contribution in [0.2, 0.25) is 0 Å². The lowest BCUT2D eigenvalue weighted by molar-refractivity contribution is -0.140. The highest BCUT2D eigenvalue weighted by molar-refractivity contribution is 6.09. The van der Waals surface area contributed by atoms with Crippen LogP contribution in [0.5, 0.6) is 0 Å². The van der Waals surface area contributed by atoms with Gasteiger partial charge in [0.05, 0.1) is 16.4 Å². The van der Waals surface area contributed by atoms with Crippen LogP contribution in [-0.2, 0) is 11.3 Å². The Morgan fingerprint density at radius 3 is 2.57 bits per heavy atom. The molecular weight excluding hydrogens is 483 g/mol. The zero-order valence-corrected chi connectivity index (χ0v) is 20.4. The highest BCUT2D eigenvalue weighted by atomic mass is 19.4. The van der Waals surface area contributed by atoms with E-state index in [9.17, 15) is 18.0 Å². The molecule has 4 aromatic rings. The maximum absolute atomic E-state index is 13.9. The van der Waals surface area contributed by atoms with Crippen LogP contribution in [0.1, 0.15) is 44.8 Å². The van der Waals surface area contributed by atoms with Gasteiger partial charge in [-0.2, -0.15) is 18.3 Å². The van der Waals surface area contributed by atoms with Crippen LogP contribution in [0.15, 0.2) is 47.4 Å². The van der Waals surface area contributed by atoms with Crippen LogP contribution >= 0.6 is 0 Å². The maximum atomic E-state index is 13.9. The fourth-order valence-corrected chi connectivity index (χ4v) is 5.64. The number of benzene rings is 1. The van der Waals surface area contributed by atoms with Crippen molar-refractivity contribution < 1.29 is 17.9 Å². The van der Waals surface area contributed by atoms with Gasteiger partial charge in [-0.15, -0.1) is 0 Å². The van der Waals surface area contributed by atoms with Gasteiger partial charge in [0.1, 0.15) is 18.1 Å². The Labute approximate surface area is 211 Å². The smallest absolute Gasteiger partial charge is 0.356 e. The molecule has 194 valence electrons. The van der Waals surface area contributed by atoms with Crippen molar-refractivity contribution in [2.24, 2.45) is 0 Å². The fraction of sp³-hybridized carbons (Fsp3) is 0.444. The van der Waals surface area contributed by atoms with Crippen molar-refractivity contribution in [3.63, 3.8) is 0 Å². The number of ether oxygens (including phenoxy) is 1. The van der Waals surface area contributed by atoms with Gasteiger partial charge in [-0.3, -0.25) is 9.36 Å². The number of fused-ring (bicyclic) bond motifs is 3. The van der Waals surface area contributed by atoms with Gasteiger partial charge < -0.3 is 9.64 Å². The first kappa shape index (κ1) is 24.0. The first-order valence-corrected chi connectivity index (χ1v) is 12.8. The van der Waals surface area contributed by atoms with Gasteiger partial charge in [-0.1, -0.05) is 18.2 Å². The summed E-state index contributed by atoms with van der Waals surface area (Å²) in [4.78, 5) is 20.7. The van der Waals surface area contributed by atoms with Crippen LogP contribution in [0.4, 0.5) is 19.0 Å². The Bertz CT molecular complexity index is 1500. The topological polar surface area (TPSA) is 65.2 Å². The molecule has 7 nitrogen and oxygen atoms in total. The van der Waals surface area contributed by atoms with Gasteiger partial charge in [0.25, 0.3) is 5.56 Å². The van der Waals surface area contributed by atoms with Gasteiger partial charge >= 0.3 is 6.18 Å². The summed E-state index contributed by atoms with van der Waals surface area (Å²) in [5.74, 6) is 0.702. The van der Waals surface area contributed by atoms with Crippen LogP contribution in [0.3, 0.4) is 0 Å². The molecule has 0 aliphatic carbocycles. The second kappa shape index (κ2) is 9.48. The van der Waals surface area contributed by atoms with Gasteiger partial charge in [-0.25, -0.2) is 9.67 Å². The third-order valence-corrected chi connectivity index (χ3v) is 7.28. The molecule has 0 amide bonds. The summed E-state index contributed by atoms with van der Waals surface area (Å²) in [7, 11) is 0. The second-order valence-electron chi connectivity index (χ2n) is 9.78. The average molecular weight is 512 g/mol. The van der Waals surface area contributed by atoms with Gasteiger partial charge in [-0.05, 0) is 56.7 Å². The van der Waals surface area contributed by atoms with Gasteiger partial charge in [0.15, 0.2) is 6.23 Å². The molecular formula is C27H28F3N5O2. The SMILES string of the molecule is O=c1c2c(-c3cccnc3N3CCCCC3)nn(C3CCCCO3)c2c2ccccc2n1CC(F)(F)F. The largest absolute Gasteiger partial charge is 0.406 e. The minimum absolute atomic E-state index is 0.170. The Balaban J connectivity index is 1.68. The molecule has 0 N–H and O–H groups in total. The summed E-state index contributed by atoms with van der Waals surface area (Å²) in [5, 5.41) is 5.63. The van der Waals surface area contributed by atoms with E-state index in [-0.39, 0.29) is 10.9 Å². The Kier molecular flexibility index (Phi) is 6.14. The van der Waals surface area contributed by atoms with E-state index in [0.29, 0.717) is 41.0 Å². The third kappa shape index (κ3) is 4.37. The third-order valence-electron chi connectivity index (χ3n) is 7.28. The number of alkyl halides is 3. The molecule has 2 saturated heterocycles. The normalized spacial score (nSPS) is 19.1. The summed E-state index contributed by atoms with van der Waals surface area (Å²) in [6.07, 6.45) is 2.53. The summed E-state index contributed by atoms with van der Waals surface area (Å²) in [6.45, 7) is 0.848. The van der Waals surface area contributed by atoms with Crippen LogP contribution in [0, 0.1) is 0 Å². The van der Waals surface area contributed by atoms with E-state index in [1.54, 1.807) is 41.2 Å². The number of pyridine rings is 2. The number of anilines is 1. The number of rotatable bonds is 4. The first-order chi connectivity index (χ1) is 17.9. The van der Waals surface area contributed by atoms with E-state index in [4.69, 9.17) is 9.84 Å². The zero-order chi connectivity index (χ0) is 25.6. The number of aromatic nitrogens is 4. The number of para-hydroxylation sites is 1. The fourth-order valence-electron chi connectivity index (χ4n) is 5.64. The lowest BCUT2D eigenvalue weighted by atomic mass is 10.0. The quantitative estimate of drug-likeness (QED) is 0.354. The Morgan fingerprint density at radius 2 is 1.81 bits per heavy atom. The molecule has 2 aliphatic rings. The number of hydrogen-bond donors (Lipinski definition) is 0. The minimum Gasteiger partial charge on any atom is -0.356 e. The summed E-state index contributed by atoms with van der Waals surface area (Å²) < 4.78 is 49.6. The molecule has 3 aromatic heterocycles. The van der Waals surface area contributed by atoms with Crippen molar-refractivity contribution in [1.82, 2.24) is 19.3 Å². The molecule has 0 radical (unpaired) electrons. The summed E-state index contributed by atoms with van der Waals surface area (Å²) in [5.41, 5.74) is 1.02. The average Bonchev–Trinajstić information content (AvgIpc) is 3.32. The van der Waals surface area contributed by atoms with Crippen LogP contribution < -0.4 is 10.5 Å². The molecule has 0 saturated carbocycles. The monoisotopic (exact) mass is 511 g/mol. The predicted octanol–water partition coefficient (Wildman–Crippen LogP) is 5.66. The Hall–Kier alpha value is -3.40. The minimum atomic E-state index is -4.56. The molecule has 2 fully saturated rings. The summed E-state index contributed by atoms with van der Waals surface area (Å²) in [6, 6.07) is 10.4. The van der Waals surface area contributed by atoms with Crippen LogP contribution in [0.25, 0.3) is 33.1 Å². The second-order valence-corrected chi connectivity index (χ2v) is 9.78. The predicted molar refractivity (Wildman–Crippen MR) is 136 cm³/mol. The van der Waals surface area contributed by atoms with Gasteiger partial charge in [0.2, 0.25) is 0 Å². The lowest BCUT2D eigenvalue weighted by Gasteiger charge is -2.29. The van der Waals surface area contributed by atoms with Crippen molar-refractivity contribution >= 4 is 27.6 Å². The molecule has 1 atom stereocenters.